The molecule has 0 amide bonds. The van der Waals surface area contributed by atoms with Crippen molar-refractivity contribution in [1.29, 1.82) is 0 Å². The predicted molar refractivity (Wildman–Crippen MR) is 77.6 cm³/mol. The average Bonchev–Trinajstić information content (AvgIpc) is 2.80. The van der Waals surface area contributed by atoms with E-state index in [0.717, 1.165) is 16.7 Å². The van der Waals surface area contributed by atoms with Crippen LogP contribution in [0, 0.1) is 0 Å². The quantitative estimate of drug-likeness (QED) is 0.629. The minimum atomic E-state index is -2.87. The molecule has 90 valence electrons. The van der Waals surface area contributed by atoms with Crippen molar-refractivity contribution in [3.63, 3.8) is 0 Å². The first-order valence-corrected chi connectivity index (χ1v) is 14.1. The highest BCUT2D eigenvalue weighted by molar-refractivity contribution is 7.30. The third-order valence-corrected chi connectivity index (χ3v) is 16.6. The molecule has 0 saturated heterocycles. The van der Waals surface area contributed by atoms with E-state index < -0.39 is 8.25 Å². The van der Waals surface area contributed by atoms with E-state index >= 15 is 0 Å². The summed E-state index contributed by atoms with van der Waals surface area (Å²) in [6.45, 7) is 0. The summed E-state index contributed by atoms with van der Waals surface area (Å²) in [7, 11) is -1.48. The summed E-state index contributed by atoms with van der Waals surface area (Å²) in [5, 5.41) is 0. The normalized spacial score (nSPS) is 16.5. The maximum atomic E-state index is 8.70. The molecule has 1 atom stereocenters. The first-order valence-electron chi connectivity index (χ1n) is 5.42. The molecule has 1 aliphatic heterocycles. The summed E-state index contributed by atoms with van der Waals surface area (Å²) in [5.41, 5.74) is 6.62. The highest BCUT2D eigenvalue weighted by atomic mass is 31.1. The lowest BCUT2D eigenvalue weighted by atomic mass is 10.2. The molecular formula is C10H16O3PSi3+. The van der Waals surface area contributed by atoms with Crippen LogP contribution in [0.4, 0.5) is 0 Å². The van der Waals surface area contributed by atoms with Gasteiger partial charge < -0.3 is 0 Å². The van der Waals surface area contributed by atoms with Crippen molar-refractivity contribution in [3.05, 3.63) is 47.3 Å². The lowest BCUT2D eigenvalue weighted by molar-refractivity contribution is 0.405. The zero-order chi connectivity index (χ0) is 12.5. The van der Waals surface area contributed by atoms with Crippen LogP contribution < -0.4 is 0 Å². The Morgan fingerprint density at radius 1 is 1.24 bits per heavy atom. The van der Waals surface area contributed by atoms with Gasteiger partial charge in [0.1, 0.15) is 0 Å². The Labute approximate surface area is 108 Å². The summed E-state index contributed by atoms with van der Waals surface area (Å²) >= 11 is 0. The van der Waals surface area contributed by atoms with Crippen LogP contribution >= 0.6 is 8.25 Å². The Morgan fingerprint density at radius 2 is 1.88 bits per heavy atom. The average molecular weight is 299 g/mol. The molecule has 1 aromatic carbocycles. The van der Waals surface area contributed by atoms with Gasteiger partial charge in [-0.25, -0.2) is 0 Å². The van der Waals surface area contributed by atoms with Gasteiger partial charge in [-0.15, -0.1) is 15.5 Å². The molecular weight excluding hydrogens is 283 g/mol. The fourth-order valence-corrected chi connectivity index (χ4v) is 16.5. The molecule has 1 aliphatic rings. The fourth-order valence-electron chi connectivity index (χ4n) is 1.65. The van der Waals surface area contributed by atoms with E-state index in [4.69, 9.17) is 14.4 Å². The Hall–Kier alpha value is -0.369. The Kier molecular flexibility index (Phi) is 7.50. The molecule has 2 N–H and O–H groups in total. The summed E-state index contributed by atoms with van der Waals surface area (Å²) < 4.78 is 8.70. The molecule has 1 aromatic rings. The predicted octanol–water partition coefficient (Wildman–Crippen LogP) is 0.436. The van der Waals surface area contributed by atoms with Crippen LogP contribution in [0.3, 0.4) is 0 Å². The summed E-state index contributed by atoms with van der Waals surface area (Å²) in [4.78, 5) is 14.2. The molecule has 3 nitrogen and oxygen atoms in total. The fraction of sp³-hybridized carbons (Fsp3) is 0.200. The Morgan fingerprint density at radius 3 is 2.41 bits per heavy atom. The second kappa shape index (κ2) is 8.68. The first kappa shape index (κ1) is 14.7. The molecule has 0 saturated carbocycles. The molecule has 0 fully saturated rings. The van der Waals surface area contributed by atoms with Gasteiger partial charge >= 0.3 is 8.25 Å². The lowest BCUT2D eigenvalue weighted by Gasteiger charge is -2.03. The topological polar surface area (TPSA) is 57.5 Å². The second-order valence-electron chi connectivity index (χ2n) is 3.71. The van der Waals surface area contributed by atoms with E-state index in [9.17, 15) is 0 Å². The van der Waals surface area contributed by atoms with Gasteiger partial charge in [0.05, 0.1) is 8.31 Å². The van der Waals surface area contributed by atoms with Gasteiger partial charge in [0, 0.05) is 4.57 Å². The largest absolute Gasteiger partial charge is 0.692 e. The smallest absolute Gasteiger partial charge is 0.134 e. The van der Waals surface area contributed by atoms with Gasteiger partial charge in [-0.1, -0.05) is 42.1 Å². The lowest BCUT2D eigenvalue weighted by Crippen LogP contribution is -2.12. The standard InChI is InChI=1S/C10H14Si3.HO3P/c1-2-4-10(5-3-1)6-8-13-9-7-11-12-13;1-4(2)3/h1-5,7,9,11-13H,6,8H2;(H-,1,2,3)/p+1. The molecule has 1 unspecified atom stereocenters. The van der Waals surface area contributed by atoms with Gasteiger partial charge in [-0.05, 0) is 28.7 Å². The van der Waals surface area contributed by atoms with Crippen molar-refractivity contribution in [2.75, 3.05) is 0 Å². The number of hydrogen-bond donors (Lipinski definition) is 2. The Balaban J connectivity index is 0.000000317. The van der Waals surface area contributed by atoms with Crippen LogP contribution in [0.25, 0.3) is 0 Å². The Bertz CT molecular complexity index is 393. The zero-order valence-electron chi connectivity index (χ0n) is 9.44. The van der Waals surface area contributed by atoms with Crippen molar-refractivity contribution in [3.8, 4) is 0 Å². The zero-order valence-corrected chi connectivity index (χ0v) is 13.8. The van der Waals surface area contributed by atoms with E-state index in [1.54, 1.807) is 0 Å². The van der Waals surface area contributed by atoms with Crippen molar-refractivity contribution >= 4 is 33.3 Å². The number of aryl methyl sites for hydroxylation is 1. The monoisotopic (exact) mass is 299 g/mol. The van der Waals surface area contributed by atoms with Crippen LogP contribution in [-0.2, 0) is 11.0 Å². The van der Waals surface area contributed by atoms with Gasteiger partial charge in [0.15, 0.2) is 0 Å². The van der Waals surface area contributed by atoms with Crippen LogP contribution in [0.1, 0.15) is 5.56 Å². The number of hydrogen-bond acceptors (Lipinski definition) is 1. The molecule has 7 heteroatoms. The van der Waals surface area contributed by atoms with Crippen LogP contribution in [-0.4, -0.2) is 34.8 Å². The van der Waals surface area contributed by atoms with Crippen LogP contribution in [0.2, 0.25) is 6.04 Å². The minimum Gasteiger partial charge on any atom is -0.134 e. The van der Waals surface area contributed by atoms with Crippen LogP contribution in [0.5, 0.6) is 0 Å². The third-order valence-electron chi connectivity index (χ3n) is 2.44. The van der Waals surface area contributed by atoms with Gasteiger partial charge in [0.25, 0.3) is 0 Å². The van der Waals surface area contributed by atoms with Crippen LogP contribution in [0.15, 0.2) is 41.7 Å². The molecule has 0 aromatic heterocycles. The molecule has 0 bridgehead atoms. The summed E-state index contributed by atoms with van der Waals surface area (Å²) in [6.07, 6.45) is 1.33. The van der Waals surface area contributed by atoms with E-state index in [1.165, 1.54) is 18.0 Å². The molecule has 2 rings (SSSR count). The van der Waals surface area contributed by atoms with Gasteiger partial charge in [-0.2, -0.15) is 0 Å². The summed E-state index contributed by atoms with van der Waals surface area (Å²) in [5.74, 6) is 0. The summed E-state index contributed by atoms with van der Waals surface area (Å²) in [6, 6.07) is 12.4. The maximum absolute atomic E-state index is 8.70. The first-order chi connectivity index (χ1) is 8.18. The van der Waals surface area contributed by atoms with Crippen molar-refractivity contribution in [1.82, 2.24) is 0 Å². The van der Waals surface area contributed by atoms with Gasteiger partial charge in [0.2, 0.25) is 0 Å². The van der Waals surface area contributed by atoms with Crippen molar-refractivity contribution < 1.29 is 14.4 Å². The number of rotatable bonds is 3. The van der Waals surface area contributed by atoms with E-state index in [1.807, 2.05) is 0 Å². The molecule has 0 spiro atoms. The maximum Gasteiger partial charge on any atom is 0.692 e. The minimum absolute atomic E-state index is 0.311. The number of benzene rings is 1. The van der Waals surface area contributed by atoms with E-state index in [2.05, 4.69) is 41.7 Å². The van der Waals surface area contributed by atoms with Crippen molar-refractivity contribution in [2.24, 2.45) is 0 Å². The third kappa shape index (κ3) is 7.54. The van der Waals surface area contributed by atoms with Gasteiger partial charge in [-0.3, -0.25) is 0 Å². The SMILES string of the molecule is C1=C[SiH](CCc2ccccc2)[SiH]=[SiH]1.O=[P+](O)O. The van der Waals surface area contributed by atoms with E-state index in [-0.39, 0.29) is 8.31 Å². The highest BCUT2D eigenvalue weighted by Gasteiger charge is 2.05. The molecule has 0 radical (unpaired) electrons. The highest BCUT2D eigenvalue weighted by Crippen LogP contribution is 2.05. The molecule has 17 heavy (non-hydrogen) atoms. The molecule has 0 aliphatic carbocycles. The molecule has 1 heterocycles. The van der Waals surface area contributed by atoms with E-state index in [0.29, 0.717) is 0 Å². The van der Waals surface area contributed by atoms with Crippen molar-refractivity contribution in [2.45, 2.75) is 12.5 Å². The second-order valence-corrected chi connectivity index (χ2v) is 16.0.